The first-order chi connectivity index (χ1) is 12.4. The van der Waals surface area contributed by atoms with Crippen LogP contribution in [0.15, 0.2) is 42.5 Å². The fourth-order valence-electron chi connectivity index (χ4n) is 2.31. The van der Waals surface area contributed by atoms with E-state index in [9.17, 15) is 9.59 Å². The molecule has 1 N–H and O–H groups in total. The van der Waals surface area contributed by atoms with Gasteiger partial charge in [0.2, 0.25) is 0 Å². The summed E-state index contributed by atoms with van der Waals surface area (Å²) in [5.41, 5.74) is 2.85. The summed E-state index contributed by atoms with van der Waals surface area (Å²) in [6.45, 7) is 4.98. The summed E-state index contributed by atoms with van der Waals surface area (Å²) in [7, 11) is 0. The van der Waals surface area contributed by atoms with Gasteiger partial charge < -0.3 is 14.8 Å². The summed E-state index contributed by atoms with van der Waals surface area (Å²) in [6.07, 6.45) is -0.972. The van der Waals surface area contributed by atoms with Gasteiger partial charge >= 0.3 is 5.97 Å². The number of hydrogen-bond acceptors (Lipinski definition) is 5. The Morgan fingerprint density at radius 1 is 1.12 bits per heavy atom. The molecule has 0 spiro atoms. The van der Waals surface area contributed by atoms with Crippen molar-refractivity contribution in [2.75, 3.05) is 11.9 Å². The number of anilines is 1. The number of aryl methyl sites for hydroxylation is 2. The molecule has 0 bridgehead atoms. The van der Waals surface area contributed by atoms with Gasteiger partial charge in [0.25, 0.3) is 5.91 Å². The molecule has 0 aliphatic rings. The lowest BCUT2D eigenvalue weighted by Gasteiger charge is -2.15. The molecule has 0 aromatic heterocycles. The van der Waals surface area contributed by atoms with Gasteiger partial charge in [0.05, 0.1) is 11.6 Å². The molecule has 0 unspecified atom stereocenters. The number of hydrogen-bond donors (Lipinski definition) is 1. The van der Waals surface area contributed by atoms with Crippen LogP contribution >= 0.6 is 0 Å². The summed E-state index contributed by atoms with van der Waals surface area (Å²) in [5, 5.41) is 11.4. The van der Waals surface area contributed by atoms with Gasteiger partial charge in [-0.2, -0.15) is 5.26 Å². The maximum atomic E-state index is 12.1. The number of nitrogens with one attached hydrogen (secondary N) is 1. The standard InChI is InChI=1S/C20H20N2O4/c1-13-5-4-6-14(2)19(13)25-12-18(23)26-15(3)20(24)22-17-9-7-16(11-21)8-10-17/h4-10,15H,12H2,1-3H3,(H,22,24)/t15-/m0/s1. The minimum absolute atomic E-state index is 0.278. The highest BCUT2D eigenvalue weighted by atomic mass is 16.6. The molecule has 2 aromatic carbocycles. The molecule has 0 aliphatic carbocycles. The number of nitriles is 1. The number of ether oxygens (including phenoxy) is 2. The number of esters is 1. The summed E-state index contributed by atoms with van der Waals surface area (Å²) in [4.78, 5) is 24.0. The van der Waals surface area contributed by atoms with E-state index in [0.29, 0.717) is 17.0 Å². The van der Waals surface area contributed by atoms with Crippen molar-refractivity contribution in [1.82, 2.24) is 0 Å². The van der Waals surface area contributed by atoms with Gasteiger partial charge in [0, 0.05) is 5.69 Å². The first-order valence-electron chi connectivity index (χ1n) is 8.10. The zero-order chi connectivity index (χ0) is 19.1. The minimum Gasteiger partial charge on any atom is -0.481 e. The third-order valence-electron chi connectivity index (χ3n) is 3.70. The van der Waals surface area contributed by atoms with Gasteiger partial charge in [-0.3, -0.25) is 4.79 Å². The van der Waals surface area contributed by atoms with Crippen LogP contribution in [0.4, 0.5) is 5.69 Å². The molecule has 6 heteroatoms. The van der Waals surface area contributed by atoms with Crippen molar-refractivity contribution in [2.24, 2.45) is 0 Å². The van der Waals surface area contributed by atoms with Crippen molar-refractivity contribution >= 4 is 17.6 Å². The third-order valence-corrected chi connectivity index (χ3v) is 3.70. The Bertz CT molecular complexity index is 818. The van der Waals surface area contributed by atoms with Crippen LogP contribution in [-0.4, -0.2) is 24.6 Å². The monoisotopic (exact) mass is 352 g/mol. The molecular weight excluding hydrogens is 332 g/mol. The second kappa shape index (κ2) is 8.67. The molecule has 1 amide bonds. The SMILES string of the molecule is Cc1cccc(C)c1OCC(=O)O[C@@H](C)C(=O)Nc1ccc(C#N)cc1. The van der Waals surface area contributed by atoms with Crippen LogP contribution in [0.1, 0.15) is 23.6 Å². The van der Waals surface area contributed by atoms with Crippen molar-refractivity contribution in [2.45, 2.75) is 26.9 Å². The van der Waals surface area contributed by atoms with Crippen LogP contribution in [-0.2, 0) is 14.3 Å². The maximum absolute atomic E-state index is 12.1. The van der Waals surface area contributed by atoms with E-state index < -0.39 is 18.0 Å². The Kier molecular flexibility index (Phi) is 6.34. The predicted octanol–water partition coefficient (Wildman–Crippen LogP) is 3.12. The molecule has 0 saturated carbocycles. The number of carbonyl (C=O) groups is 2. The topological polar surface area (TPSA) is 88.4 Å². The average molecular weight is 352 g/mol. The molecule has 0 saturated heterocycles. The molecule has 2 rings (SSSR count). The number of nitrogens with zero attached hydrogens (tertiary/aromatic N) is 1. The molecule has 0 aliphatic heterocycles. The predicted molar refractivity (Wildman–Crippen MR) is 96.8 cm³/mol. The number of benzene rings is 2. The Hall–Kier alpha value is -3.33. The van der Waals surface area contributed by atoms with E-state index in [-0.39, 0.29) is 6.61 Å². The van der Waals surface area contributed by atoms with Crippen LogP contribution in [0, 0.1) is 25.2 Å². The van der Waals surface area contributed by atoms with Gasteiger partial charge in [0.1, 0.15) is 5.75 Å². The van der Waals surface area contributed by atoms with Crippen LogP contribution in [0.25, 0.3) is 0 Å². The zero-order valence-electron chi connectivity index (χ0n) is 14.9. The molecule has 0 radical (unpaired) electrons. The fourth-order valence-corrected chi connectivity index (χ4v) is 2.31. The first-order valence-corrected chi connectivity index (χ1v) is 8.10. The summed E-state index contributed by atoms with van der Waals surface area (Å²) in [5.74, 6) is -0.454. The summed E-state index contributed by atoms with van der Waals surface area (Å²) >= 11 is 0. The number of amides is 1. The molecular formula is C20H20N2O4. The van der Waals surface area contributed by atoms with E-state index in [2.05, 4.69) is 5.32 Å². The lowest BCUT2D eigenvalue weighted by molar-refractivity contribution is -0.155. The Labute approximate surface area is 152 Å². The minimum atomic E-state index is -0.972. The summed E-state index contributed by atoms with van der Waals surface area (Å²) < 4.78 is 10.6. The second-order valence-corrected chi connectivity index (χ2v) is 5.82. The molecule has 134 valence electrons. The van der Waals surface area contributed by atoms with Crippen molar-refractivity contribution < 1.29 is 19.1 Å². The van der Waals surface area contributed by atoms with E-state index in [4.69, 9.17) is 14.7 Å². The van der Waals surface area contributed by atoms with E-state index >= 15 is 0 Å². The van der Waals surface area contributed by atoms with Gasteiger partial charge in [-0.1, -0.05) is 18.2 Å². The van der Waals surface area contributed by atoms with Gasteiger partial charge in [-0.25, -0.2) is 4.79 Å². The van der Waals surface area contributed by atoms with Crippen LogP contribution < -0.4 is 10.1 Å². The van der Waals surface area contributed by atoms with Gasteiger partial charge in [0.15, 0.2) is 12.7 Å². The Morgan fingerprint density at radius 2 is 1.73 bits per heavy atom. The largest absolute Gasteiger partial charge is 0.481 e. The van der Waals surface area contributed by atoms with E-state index in [1.54, 1.807) is 24.3 Å². The van der Waals surface area contributed by atoms with Crippen molar-refractivity contribution in [3.63, 3.8) is 0 Å². The Balaban J connectivity index is 1.85. The molecule has 26 heavy (non-hydrogen) atoms. The average Bonchev–Trinajstić information content (AvgIpc) is 2.61. The molecule has 2 aromatic rings. The van der Waals surface area contributed by atoms with Crippen LogP contribution in [0.2, 0.25) is 0 Å². The summed E-state index contributed by atoms with van der Waals surface area (Å²) in [6, 6.07) is 14.1. The lowest BCUT2D eigenvalue weighted by Crippen LogP contribution is -2.31. The van der Waals surface area contributed by atoms with E-state index in [1.165, 1.54) is 6.92 Å². The van der Waals surface area contributed by atoms with Gasteiger partial charge in [-0.15, -0.1) is 0 Å². The lowest BCUT2D eigenvalue weighted by atomic mass is 10.1. The highest BCUT2D eigenvalue weighted by Crippen LogP contribution is 2.22. The van der Waals surface area contributed by atoms with Crippen molar-refractivity contribution in [1.29, 1.82) is 5.26 Å². The number of para-hydroxylation sites is 1. The van der Waals surface area contributed by atoms with Crippen molar-refractivity contribution in [3.05, 3.63) is 59.2 Å². The second-order valence-electron chi connectivity index (χ2n) is 5.82. The molecule has 1 atom stereocenters. The van der Waals surface area contributed by atoms with Crippen LogP contribution in [0.5, 0.6) is 5.75 Å². The van der Waals surface area contributed by atoms with Gasteiger partial charge in [-0.05, 0) is 56.2 Å². The number of carbonyl (C=O) groups excluding carboxylic acids is 2. The maximum Gasteiger partial charge on any atom is 0.344 e. The van der Waals surface area contributed by atoms with Crippen LogP contribution in [0.3, 0.4) is 0 Å². The number of rotatable bonds is 6. The molecule has 0 fully saturated rings. The molecule has 6 nitrogen and oxygen atoms in total. The van der Waals surface area contributed by atoms with E-state index in [0.717, 1.165) is 11.1 Å². The fraction of sp³-hybridized carbons (Fsp3) is 0.250. The first kappa shape index (κ1) is 19.0. The quantitative estimate of drug-likeness (QED) is 0.807. The smallest absolute Gasteiger partial charge is 0.344 e. The van der Waals surface area contributed by atoms with Crippen molar-refractivity contribution in [3.8, 4) is 11.8 Å². The Morgan fingerprint density at radius 3 is 2.31 bits per heavy atom. The zero-order valence-corrected chi connectivity index (χ0v) is 14.9. The highest BCUT2D eigenvalue weighted by molar-refractivity contribution is 5.95. The van der Waals surface area contributed by atoms with E-state index in [1.807, 2.05) is 38.1 Å². The third kappa shape index (κ3) is 5.08. The molecule has 0 heterocycles. The highest BCUT2D eigenvalue weighted by Gasteiger charge is 2.18. The normalized spacial score (nSPS) is 11.2.